The predicted octanol–water partition coefficient (Wildman–Crippen LogP) is 2.48. The van der Waals surface area contributed by atoms with Crippen molar-refractivity contribution in [2.24, 2.45) is 4.99 Å². The first-order valence-corrected chi connectivity index (χ1v) is 9.17. The molecular weight excluding hydrogens is 439 g/mol. The van der Waals surface area contributed by atoms with Crippen LogP contribution in [-0.2, 0) is 11.3 Å². The topological polar surface area (TPSA) is 78.8 Å². The Labute approximate surface area is 165 Å². The summed E-state index contributed by atoms with van der Waals surface area (Å²) in [6.45, 7) is 9.35. The molecule has 1 fully saturated rings. The van der Waals surface area contributed by atoms with Crippen molar-refractivity contribution in [2.45, 2.75) is 51.7 Å². The first-order chi connectivity index (χ1) is 11.0. The highest BCUT2D eigenvalue weighted by molar-refractivity contribution is 14.0. The lowest BCUT2D eigenvalue weighted by Gasteiger charge is -2.32. The average molecular weight is 468 g/mol. The minimum atomic E-state index is -0.708. The third-order valence-corrected chi connectivity index (χ3v) is 4.74. The largest absolute Gasteiger partial charge is 0.388 e. The van der Waals surface area contributed by atoms with Crippen LogP contribution in [0.3, 0.4) is 0 Å². The molecule has 1 aliphatic rings. The average Bonchev–Trinajstić information content (AvgIpc) is 3.00. The number of hydrogen-bond donors (Lipinski definition) is 3. The van der Waals surface area contributed by atoms with Gasteiger partial charge in [-0.2, -0.15) is 0 Å². The minimum Gasteiger partial charge on any atom is -0.388 e. The molecule has 24 heavy (non-hydrogen) atoms. The van der Waals surface area contributed by atoms with Gasteiger partial charge < -0.3 is 20.5 Å². The highest BCUT2D eigenvalue weighted by Gasteiger charge is 2.29. The van der Waals surface area contributed by atoms with Crippen LogP contribution >= 0.6 is 35.3 Å². The number of aromatic nitrogens is 1. The van der Waals surface area contributed by atoms with E-state index in [1.165, 1.54) is 0 Å². The molecule has 0 aromatic carbocycles. The number of nitrogens with zero attached hydrogens (tertiary/aromatic N) is 2. The van der Waals surface area contributed by atoms with E-state index in [4.69, 9.17) is 4.74 Å². The van der Waals surface area contributed by atoms with Gasteiger partial charge in [0, 0.05) is 44.5 Å². The van der Waals surface area contributed by atoms with Crippen LogP contribution in [0.2, 0.25) is 0 Å². The number of nitrogens with one attached hydrogen (secondary N) is 2. The van der Waals surface area contributed by atoms with Gasteiger partial charge in [-0.25, -0.2) is 9.98 Å². The maximum Gasteiger partial charge on any atom is 0.191 e. The number of halogens is 1. The van der Waals surface area contributed by atoms with Crippen molar-refractivity contribution in [1.82, 2.24) is 15.6 Å². The Morgan fingerprint density at radius 2 is 2.12 bits per heavy atom. The smallest absolute Gasteiger partial charge is 0.191 e. The van der Waals surface area contributed by atoms with Crippen LogP contribution in [0.15, 0.2) is 10.4 Å². The second-order valence-corrected chi connectivity index (χ2v) is 7.15. The van der Waals surface area contributed by atoms with Gasteiger partial charge in [0.05, 0.1) is 17.8 Å². The number of hydrogen-bond acceptors (Lipinski definition) is 5. The van der Waals surface area contributed by atoms with Gasteiger partial charge in [0.1, 0.15) is 5.01 Å². The van der Waals surface area contributed by atoms with Crippen molar-refractivity contribution >= 4 is 41.3 Å². The molecule has 0 aliphatic carbocycles. The zero-order chi connectivity index (χ0) is 16.7. The van der Waals surface area contributed by atoms with Gasteiger partial charge >= 0.3 is 0 Å². The molecule has 2 rings (SSSR count). The van der Waals surface area contributed by atoms with E-state index in [-0.39, 0.29) is 24.0 Å². The van der Waals surface area contributed by atoms with E-state index in [2.05, 4.69) is 39.8 Å². The molecule has 0 atom stereocenters. The summed E-state index contributed by atoms with van der Waals surface area (Å²) < 4.78 is 5.31. The Bertz CT molecular complexity index is 516. The van der Waals surface area contributed by atoms with Gasteiger partial charge in [-0.05, 0) is 12.8 Å². The molecule has 1 aromatic rings. The van der Waals surface area contributed by atoms with Gasteiger partial charge in [-0.1, -0.05) is 13.8 Å². The summed E-state index contributed by atoms with van der Waals surface area (Å²) in [4.78, 5) is 9.17. The number of aliphatic imine (C=N–C) groups is 1. The zero-order valence-corrected chi connectivity index (χ0v) is 17.8. The molecule has 0 saturated carbocycles. The molecule has 1 aromatic heterocycles. The minimum absolute atomic E-state index is 0. The summed E-state index contributed by atoms with van der Waals surface area (Å²) >= 11 is 1.64. The fourth-order valence-corrected chi connectivity index (χ4v) is 3.21. The summed E-state index contributed by atoms with van der Waals surface area (Å²) in [5, 5.41) is 20.1. The molecule has 0 spiro atoms. The normalized spacial score (nSPS) is 17.5. The van der Waals surface area contributed by atoms with E-state index in [0.717, 1.165) is 17.2 Å². The lowest BCUT2D eigenvalue weighted by atomic mass is 9.94. The molecule has 0 unspecified atom stereocenters. The summed E-state index contributed by atoms with van der Waals surface area (Å²) in [6, 6.07) is 0. The Balaban J connectivity index is 0.00000288. The van der Waals surface area contributed by atoms with Gasteiger partial charge in [0.25, 0.3) is 0 Å². The SMILES string of the molecule is CCNC(=NCc1nc(C(C)C)cs1)NCC1(O)CCOCC1.I. The standard InChI is InChI=1S/C16H28N4O2S.HI/c1-4-17-15(19-11-16(21)5-7-22-8-6-16)18-9-14-20-13(10-23-14)12(2)3;/h10,12,21H,4-9,11H2,1-3H3,(H2,17,18,19);1H. The summed E-state index contributed by atoms with van der Waals surface area (Å²) in [5.74, 6) is 1.16. The molecule has 2 heterocycles. The second-order valence-electron chi connectivity index (χ2n) is 6.21. The highest BCUT2D eigenvalue weighted by atomic mass is 127. The number of rotatable bonds is 6. The third-order valence-electron chi connectivity index (χ3n) is 3.89. The van der Waals surface area contributed by atoms with Crippen molar-refractivity contribution < 1.29 is 9.84 Å². The Kier molecular flexibility index (Phi) is 9.47. The molecule has 3 N–H and O–H groups in total. The lowest BCUT2D eigenvalue weighted by Crippen LogP contribution is -2.49. The molecule has 138 valence electrons. The second kappa shape index (κ2) is 10.5. The summed E-state index contributed by atoms with van der Waals surface area (Å²) in [6.07, 6.45) is 1.31. The van der Waals surface area contributed by atoms with Crippen LogP contribution in [0.4, 0.5) is 0 Å². The number of aliphatic hydroxyl groups is 1. The van der Waals surface area contributed by atoms with E-state index in [1.54, 1.807) is 11.3 Å². The van der Waals surface area contributed by atoms with Crippen LogP contribution in [0.5, 0.6) is 0 Å². The summed E-state index contributed by atoms with van der Waals surface area (Å²) in [5.41, 5.74) is 0.412. The van der Waals surface area contributed by atoms with Crippen LogP contribution in [0.25, 0.3) is 0 Å². The molecule has 0 radical (unpaired) electrons. The fraction of sp³-hybridized carbons (Fsp3) is 0.750. The number of thiazole rings is 1. The highest BCUT2D eigenvalue weighted by Crippen LogP contribution is 2.20. The van der Waals surface area contributed by atoms with Crippen LogP contribution in [-0.4, -0.2) is 48.0 Å². The van der Waals surface area contributed by atoms with Gasteiger partial charge in [-0.3, -0.25) is 0 Å². The maximum absolute atomic E-state index is 10.5. The van der Waals surface area contributed by atoms with E-state index in [9.17, 15) is 5.11 Å². The van der Waals surface area contributed by atoms with Crippen molar-refractivity contribution in [3.05, 3.63) is 16.1 Å². The van der Waals surface area contributed by atoms with Crippen LogP contribution in [0, 0.1) is 0 Å². The third kappa shape index (κ3) is 6.81. The van der Waals surface area contributed by atoms with E-state index in [1.807, 2.05) is 6.92 Å². The quantitative estimate of drug-likeness (QED) is 0.340. The summed E-state index contributed by atoms with van der Waals surface area (Å²) in [7, 11) is 0. The fourth-order valence-electron chi connectivity index (χ4n) is 2.33. The van der Waals surface area contributed by atoms with E-state index >= 15 is 0 Å². The molecule has 8 heteroatoms. The predicted molar refractivity (Wildman–Crippen MR) is 109 cm³/mol. The van der Waals surface area contributed by atoms with E-state index < -0.39 is 5.60 Å². The Morgan fingerprint density at radius 1 is 1.42 bits per heavy atom. The molecule has 1 saturated heterocycles. The Hall–Kier alpha value is -0.450. The van der Waals surface area contributed by atoms with Gasteiger partial charge in [-0.15, -0.1) is 35.3 Å². The van der Waals surface area contributed by atoms with Crippen molar-refractivity contribution in [3.63, 3.8) is 0 Å². The molecule has 1 aliphatic heterocycles. The van der Waals surface area contributed by atoms with Crippen molar-refractivity contribution in [2.75, 3.05) is 26.3 Å². The molecule has 0 bridgehead atoms. The number of guanidine groups is 1. The maximum atomic E-state index is 10.5. The number of ether oxygens (including phenoxy) is 1. The van der Waals surface area contributed by atoms with Crippen molar-refractivity contribution in [1.29, 1.82) is 0 Å². The monoisotopic (exact) mass is 468 g/mol. The van der Waals surface area contributed by atoms with Crippen LogP contribution < -0.4 is 10.6 Å². The first kappa shape index (κ1) is 21.6. The first-order valence-electron chi connectivity index (χ1n) is 8.29. The van der Waals surface area contributed by atoms with Crippen molar-refractivity contribution in [3.8, 4) is 0 Å². The van der Waals surface area contributed by atoms with Gasteiger partial charge in [0.15, 0.2) is 5.96 Å². The van der Waals surface area contributed by atoms with E-state index in [0.29, 0.717) is 51.0 Å². The molecule has 0 amide bonds. The molecule has 6 nitrogen and oxygen atoms in total. The van der Waals surface area contributed by atoms with Crippen LogP contribution in [0.1, 0.15) is 50.2 Å². The molecular formula is C16H29IN4O2S. The zero-order valence-electron chi connectivity index (χ0n) is 14.7. The van der Waals surface area contributed by atoms with Gasteiger partial charge in [0.2, 0.25) is 0 Å². The lowest BCUT2D eigenvalue weighted by molar-refractivity contribution is -0.0594. The Morgan fingerprint density at radius 3 is 2.71 bits per heavy atom.